The molecule has 3 rings (SSSR count). The van der Waals surface area contributed by atoms with Crippen LogP contribution in [-0.4, -0.2) is 48.2 Å². The predicted octanol–water partition coefficient (Wildman–Crippen LogP) is 2.32. The number of rotatable bonds is 3. The Bertz CT molecular complexity index is 785. The lowest BCUT2D eigenvalue weighted by molar-refractivity contribution is 0.102. The molecule has 0 saturated carbocycles. The second-order valence-electron chi connectivity index (χ2n) is 5.85. The lowest BCUT2D eigenvalue weighted by Gasteiger charge is -2.34. The number of carbonyl (C=O) groups excluding carboxylic acids is 1. The Labute approximate surface area is 145 Å². The molecule has 7 heteroatoms. The molecule has 1 aliphatic rings. The predicted molar refractivity (Wildman–Crippen MR) is 97.1 cm³/mol. The highest BCUT2D eigenvalue weighted by atomic mass is 16.4. The van der Waals surface area contributed by atoms with E-state index in [-0.39, 0.29) is 5.91 Å². The van der Waals surface area contributed by atoms with Crippen LogP contribution in [0.25, 0.3) is 0 Å². The number of para-hydroxylation sites is 2. The van der Waals surface area contributed by atoms with Gasteiger partial charge in [0.1, 0.15) is 0 Å². The van der Waals surface area contributed by atoms with E-state index in [1.807, 2.05) is 30.3 Å². The Morgan fingerprint density at radius 3 is 2.40 bits per heavy atom. The molecule has 1 saturated heterocycles. The Kier molecular flexibility index (Phi) is 4.74. The lowest BCUT2D eigenvalue weighted by atomic mass is 10.1. The third kappa shape index (κ3) is 3.82. The number of anilines is 3. The fourth-order valence-electron chi connectivity index (χ4n) is 2.81. The number of nitrogen functional groups attached to an aromatic ring is 1. The number of carboxylic acid groups (broad SMARTS) is 1. The summed E-state index contributed by atoms with van der Waals surface area (Å²) in [4.78, 5) is 26.9. The van der Waals surface area contributed by atoms with Crippen LogP contribution in [0.3, 0.4) is 0 Å². The van der Waals surface area contributed by atoms with Crippen molar-refractivity contribution in [1.82, 2.24) is 4.90 Å². The first kappa shape index (κ1) is 16.6. The van der Waals surface area contributed by atoms with Gasteiger partial charge in [-0.3, -0.25) is 4.79 Å². The summed E-state index contributed by atoms with van der Waals surface area (Å²) in [7, 11) is 0. The number of piperazine rings is 1. The smallest absolute Gasteiger partial charge is 0.407 e. The van der Waals surface area contributed by atoms with Crippen LogP contribution in [0.15, 0.2) is 48.5 Å². The largest absolute Gasteiger partial charge is 0.465 e. The molecule has 0 aliphatic carbocycles. The number of nitrogens with zero attached hydrogens (tertiary/aromatic N) is 2. The second kappa shape index (κ2) is 7.12. The maximum Gasteiger partial charge on any atom is 0.407 e. The second-order valence-corrected chi connectivity index (χ2v) is 5.85. The zero-order valence-corrected chi connectivity index (χ0v) is 13.7. The summed E-state index contributed by atoms with van der Waals surface area (Å²) < 4.78 is 0. The van der Waals surface area contributed by atoms with E-state index in [1.54, 1.807) is 18.2 Å². The van der Waals surface area contributed by atoms with Crippen molar-refractivity contribution < 1.29 is 14.7 Å². The molecule has 7 nitrogen and oxygen atoms in total. The molecule has 25 heavy (non-hydrogen) atoms. The van der Waals surface area contributed by atoms with Crippen LogP contribution in [0.5, 0.6) is 0 Å². The molecular formula is C18H20N4O3. The maximum absolute atomic E-state index is 12.5. The molecule has 0 aromatic heterocycles. The van der Waals surface area contributed by atoms with Gasteiger partial charge in [0.25, 0.3) is 5.91 Å². The number of nitrogens with one attached hydrogen (secondary N) is 1. The Morgan fingerprint density at radius 1 is 1.00 bits per heavy atom. The molecule has 0 atom stereocenters. The van der Waals surface area contributed by atoms with E-state index in [1.165, 1.54) is 4.90 Å². The number of carbonyl (C=O) groups is 2. The van der Waals surface area contributed by atoms with E-state index in [9.17, 15) is 9.59 Å². The summed E-state index contributed by atoms with van der Waals surface area (Å²) in [6.45, 7) is 2.10. The van der Waals surface area contributed by atoms with E-state index in [2.05, 4.69) is 10.2 Å². The van der Waals surface area contributed by atoms with Crippen molar-refractivity contribution in [2.24, 2.45) is 0 Å². The van der Waals surface area contributed by atoms with Gasteiger partial charge in [0.05, 0.1) is 11.4 Å². The van der Waals surface area contributed by atoms with Crippen LogP contribution in [-0.2, 0) is 0 Å². The molecule has 130 valence electrons. The minimum absolute atomic E-state index is 0.232. The highest BCUT2D eigenvalue weighted by Crippen LogP contribution is 2.21. The molecule has 1 aliphatic heterocycles. The molecule has 2 amide bonds. The third-order valence-electron chi connectivity index (χ3n) is 4.23. The van der Waals surface area contributed by atoms with E-state index < -0.39 is 6.09 Å². The van der Waals surface area contributed by atoms with Gasteiger partial charge in [-0.05, 0) is 30.3 Å². The van der Waals surface area contributed by atoms with Crippen LogP contribution >= 0.6 is 0 Å². The summed E-state index contributed by atoms with van der Waals surface area (Å²) in [5.74, 6) is -0.232. The van der Waals surface area contributed by atoms with Gasteiger partial charge in [0.2, 0.25) is 0 Å². The number of amides is 2. The lowest BCUT2D eigenvalue weighted by Crippen LogP contribution is -2.48. The average Bonchev–Trinajstić information content (AvgIpc) is 2.64. The monoisotopic (exact) mass is 340 g/mol. The van der Waals surface area contributed by atoms with Crippen LogP contribution in [0, 0.1) is 0 Å². The van der Waals surface area contributed by atoms with Crippen LogP contribution in [0.4, 0.5) is 21.9 Å². The molecule has 0 bridgehead atoms. The van der Waals surface area contributed by atoms with Crippen molar-refractivity contribution in [2.45, 2.75) is 0 Å². The zero-order chi connectivity index (χ0) is 17.8. The molecule has 0 radical (unpaired) electrons. The molecule has 1 fully saturated rings. The van der Waals surface area contributed by atoms with Crippen molar-refractivity contribution in [1.29, 1.82) is 0 Å². The molecule has 2 aromatic carbocycles. The van der Waals surface area contributed by atoms with E-state index in [0.717, 1.165) is 5.69 Å². The molecule has 2 aromatic rings. The van der Waals surface area contributed by atoms with E-state index >= 15 is 0 Å². The Morgan fingerprint density at radius 2 is 1.72 bits per heavy atom. The average molecular weight is 340 g/mol. The summed E-state index contributed by atoms with van der Waals surface area (Å²) in [5.41, 5.74) is 8.37. The number of hydrogen-bond acceptors (Lipinski definition) is 4. The molecule has 1 heterocycles. The fourth-order valence-corrected chi connectivity index (χ4v) is 2.81. The summed E-state index contributed by atoms with van der Waals surface area (Å²) in [5, 5.41) is 11.8. The minimum Gasteiger partial charge on any atom is -0.465 e. The highest BCUT2D eigenvalue weighted by molar-refractivity contribution is 6.06. The van der Waals surface area contributed by atoms with Crippen LogP contribution < -0.4 is 16.0 Å². The summed E-state index contributed by atoms with van der Waals surface area (Å²) in [6.07, 6.45) is -0.895. The van der Waals surface area contributed by atoms with Crippen LogP contribution in [0.1, 0.15) is 10.4 Å². The van der Waals surface area contributed by atoms with Gasteiger partial charge in [-0.25, -0.2) is 4.79 Å². The van der Waals surface area contributed by atoms with Crippen molar-refractivity contribution in [2.75, 3.05) is 42.1 Å². The van der Waals surface area contributed by atoms with Gasteiger partial charge in [0.15, 0.2) is 0 Å². The first-order valence-corrected chi connectivity index (χ1v) is 8.03. The normalized spacial score (nSPS) is 14.2. The van der Waals surface area contributed by atoms with Gasteiger partial charge in [-0.2, -0.15) is 0 Å². The van der Waals surface area contributed by atoms with Gasteiger partial charge >= 0.3 is 6.09 Å². The number of nitrogens with two attached hydrogens (primary N) is 1. The highest BCUT2D eigenvalue weighted by Gasteiger charge is 2.21. The molecular weight excluding hydrogens is 320 g/mol. The fraction of sp³-hybridized carbons (Fsp3) is 0.222. The third-order valence-corrected chi connectivity index (χ3v) is 4.23. The van der Waals surface area contributed by atoms with Crippen molar-refractivity contribution in [3.05, 3.63) is 54.1 Å². The van der Waals surface area contributed by atoms with Gasteiger partial charge in [-0.15, -0.1) is 0 Å². The SMILES string of the molecule is Nc1ccccc1NC(=O)c1cccc(N2CCN(C(=O)O)CC2)c1. The van der Waals surface area contributed by atoms with Crippen LogP contribution in [0.2, 0.25) is 0 Å². The minimum atomic E-state index is -0.895. The van der Waals surface area contributed by atoms with Gasteiger partial charge in [-0.1, -0.05) is 18.2 Å². The van der Waals surface area contributed by atoms with Gasteiger partial charge in [0, 0.05) is 37.4 Å². The number of benzene rings is 2. The maximum atomic E-state index is 12.5. The molecule has 0 unspecified atom stereocenters. The summed E-state index contributed by atoms with van der Waals surface area (Å²) in [6, 6.07) is 14.4. The Hall–Kier alpha value is -3.22. The molecule has 4 N–H and O–H groups in total. The first-order valence-electron chi connectivity index (χ1n) is 8.03. The Balaban J connectivity index is 1.70. The number of hydrogen-bond donors (Lipinski definition) is 3. The molecule has 0 spiro atoms. The van der Waals surface area contributed by atoms with E-state index in [4.69, 9.17) is 10.8 Å². The first-order chi connectivity index (χ1) is 12.0. The standard InChI is InChI=1S/C18H20N4O3/c19-15-6-1-2-7-16(15)20-17(23)13-4-3-5-14(12-13)21-8-10-22(11-9-21)18(24)25/h1-7,12H,8-11,19H2,(H,20,23)(H,24,25). The van der Waals surface area contributed by atoms with E-state index in [0.29, 0.717) is 43.1 Å². The quantitative estimate of drug-likeness (QED) is 0.745. The topological polar surface area (TPSA) is 98.9 Å². The zero-order valence-electron chi connectivity index (χ0n) is 13.7. The van der Waals surface area contributed by atoms with Gasteiger partial charge < -0.3 is 26.0 Å². The summed E-state index contributed by atoms with van der Waals surface area (Å²) >= 11 is 0. The van der Waals surface area contributed by atoms with Crippen molar-refractivity contribution in [3.8, 4) is 0 Å². The van der Waals surface area contributed by atoms with Crippen molar-refractivity contribution in [3.63, 3.8) is 0 Å². The van der Waals surface area contributed by atoms with Crippen molar-refractivity contribution >= 4 is 29.1 Å².